The van der Waals surface area contributed by atoms with E-state index in [9.17, 15) is 34.5 Å². The lowest BCUT2D eigenvalue weighted by molar-refractivity contribution is -0.164. The number of esters is 1. The zero-order valence-corrected chi connectivity index (χ0v) is 16.4. The zero-order chi connectivity index (χ0) is 23.1. The van der Waals surface area contributed by atoms with Gasteiger partial charge < -0.3 is 29.9 Å². The van der Waals surface area contributed by atoms with Crippen LogP contribution in [0.4, 0.5) is 0 Å². The Morgan fingerprint density at radius 2 is 1.87 bits per heavy atom. The summed E-state index contributed by atoms with van der Waals surface area (Å²) in [7, 11) is 0. The first kappa shape index (κ1) is 21.8. The number of carbonyl (C=O) groups is 4. The van der Waals surface area contributed by atoms with Crippen LogP contribution in [-0.2, 0) is 23.9 Å². The number of hydrogen-bond acceptors (Lipinski definition) is 9. The highest BCUT2D eigenvalue weighted by atomic mass is 16.6. The van der Waals surface area contributed by atoms with Crippen LogP contribution in [-0.4, -0.2) is 61.7 Å². The van der Waals surface area contributed by atoms with Gasteiger partial charge in [-0.05, 0) is 43.7 Å². The molecule has 3 rings (SSSR count). The van der Waals surface area contributed by atoms with E-state index in [4.69, 9.17) is 14.6 Å². The molecule has 0 aromatic heterocycles. The van der Waals surface area contributed by atoms with Gasteiger partial charge in [-0.1, -0.05) is 0 Å². The van der Waals surface area contributed by atoms with E-state index in [-0.39, 0.29) is 28.2 Å². The largest absolute Gasteiger partial charge is 0.508 e. The van der Waals surface area contributed by atoms with Crippen LogP contribution >= 0.6 is 0 Å². The first-order valence-electron chi connectivity index (χ1n) is 8.94. The van der Waals surface area contributed by atoms with Gasteiger partial charge in [0.15, 0.2) is 5.60 Å². The molecule has 0 radical (unpaired) electrons. The fourth-order valence-corrected chi connectivity index (χ4v) is 3.33. The number of ether oxygens (including phenoxy) is 2. The number of carboxylic acids is 1. The molecule has 0 amide bonds. The maximum atomic E-state index is 13.1. The van der Waals surface area contributed by atoms with Crippen molar-refractivity contribution in [1.29, 1.82) is 0 Å². The Morgan fingerprint density at radius 3 is 2.48 bits per heavy atom. The average Bonchev–Trinajstić information content (AvgIpc) is 2.65. The number of allylic oxidation sites excluding steroid dienone is 1. The number of benzene rings is 1. The predicted molar refractivity (Wildman–Crippen MR) is 102 cm³/mol. The van der Waals surface area contributed by atoms with Gasteiger partial charge in [0.25, 0.3) is 0 Å². The van der Waals surface area contributed by atoms with E-state index in [1.54, 1.807) is 0 Å². The number of aliphatic carboxylic acids is 1. The molecule has 2 aliphatic rings. The summed E-state index contributed by atoms with van der Waals surface area (Å²) in [6, 6.07) is 2.08. The Labute approximate surface area is 175 Å². The number of rotatable bonds is 4. The second-order valence-electron chi connectivity index (χ2n) is 7.24. The number of aryl methyl sites for hydroxylation is 1. The second kappa shape index (κ2) is 7.40. The fraction of sp³-hybridized carbons (Fsp3) is 0.238. The highest BCUT2D eigenvalue weighted by molar-refractivity contribution is 6.23. The van der Waals surface area contributed by atoms with E-state index in [1.165, 1.54) is 13.0 Å². The van der Waals surface area contributed by atoms with Crippen LogP contribution in [0.5, 0.6) is 11.5 Å². The molecule has 10 nitrogen and oxygen atoms in total. The summed E-state index contributed by atoms with van der Waals surface area (Å²) < 4.78 is 10.4. The van der Waals surface area contributed by atoms with E-state index in [1.807, 2.05) is 0 Å². The van der Waals surface area contributed by atoms with E-state index in [2.05, 4.69) is 0 Å². The van der Waals surface area contributed by atoms with Crippen molar-refractivity contribution < 1.29 is 49.1 Å². The van der Waals surface area contributed by atoms with Crippen molar-refractivity contribution >= 4 is 23.5 Å². The third kappa shape index (κ3) is 3.68. The van der Waals surface area contributed by atoms with E-state index < -0.39 is 47.1 Å². The van der Waals surface area contributed by atoms with Crippen molar-refractivity contribution in [3.8, 4) is 11.5 Å². The number of phenols is 2. The molecule has 0 saturated carbocycles. The monoisotopic (exact) mass is 430 g/mol. The van der Waals surface area contributed by atoms with Crippen LogP contribution in [0.1, 0.15) is 22.8 Å². The van der Waals surface area contributed by atoms with Crippen molar-refractivity contribution in [2.45, 2.75) is 25.0 Å². The predicted octanol–water partition coefficient (Wildman–Crippen LogP) is 0.686. The first-order chi connectivity index (χ1) is 14.4. The Kier molecular flexibility index (Phi) is 5.20. The van der Waals surface area contributed by atoms with Crippen molar-refractivity contribution in [2.75, 3.05) is 6.61 Å². The normalized spacial score (nSPS) is 25.4. The number of hydrogen-bond donors (Lipinski definition) is 4. The van der Waals surface area contributed by atoms with Crippen LogP contribution in [0, 0.1) is 6.92 Å². The second-order valence-corrected chi connectivity index (χ2v) is 7.24. The van der Waals surface area contributed by atoms with Gasteiger partial charge in [0.2, 0.25) is 17.2 Å². The molecule has 1 aromatic carbocycles. The molecule has 0 bridgehead atoms. The Morgan fingerprint density at radius 1 is 1.19 bits per heavy atom. The molecule has 0 fully saturated rings. The maximum Gasteiger partial charge on any atom is 0.343 e. The lowest BCUT2D eigenvalue weighted by Gasteiger charge is -2.40. The van der Waals surface area contributed by atoms with Gasteiger partial charge in [-0.25, -0.2) is 9.59 Å². The third-order valence-corrected chi connectivity index (χ3v) is 4.98. The van der Waals surface area contributed by atoms with Crippen LogP contribution in [0.2, 0.25) is 0 Å². The molecule has 31 heavy (non-hydrogen) atoms. The third-order valence-electron chi connectivity index (χ3n) is 4.98. The molecule has 1 heterocycles. The van der Waals surface area contributed by atoms with Crippen LogP contribution in [0.25, 0.3) is 0 Å². The fourth-order valence-electron chi connectivity index (χ4n) is 3.33. The molecule has 0 spiro atoms. The van der Waals surface area contributed by atoms with Gasteiger partial charge >= 0.3 is 11.9 Å². The number of aromatic hydroxyl groups is 2. The summed E-state index contributed by atoms with van der Waals surface area (Å²) in [6.07, 6.45) is 3.91. The minimum absolute atomic E-state index is 0.00385. The summed E-state index contributed by atoms with van der Waals surface area (Å²) in [5.74, 6) is -5.48. The molecule has 162 valence electrons. The molecule has 1 aromatic rings. The standard InChI is InChI=1S/C21H18O10/c1-10-5-12(22)8-14(23)17(10)18(27)31-20(2)15(24)7-11-6-13(3-4-16(25)26)30-9-21(11,29)19(20)28/h3-8,22-23,29H,9H2,1-2H3,(H,25,26). The molecular formula is C21H18O10. The average molecular weight is 430 g/mol. The summed E-state index contributed by atoms with van der Waals surface area (Å²) in [5, 5.41) is 39.0. The number of ketones is 2. The minimum atomic E-state index is -2.42. The molecule has 4 N–H and O–H groups in total. The Hall–Kier alpha value is -3.92. The molecule has 2 unspecified atom stereocenters. The van der Waals surface area contributed by atoms with Crippen LogP contribution in [0.3, 0.4) is 0 Å². The van der Waals surface area contributed by atoms with Crippen molar-refractivity contribution in [3.63, 3.8) is 0 Å². The summed E-state index contributed by atoms with van der Waals surface area (Å²) >= 11 is 0. The molecule has 10 heteroatoms. The minimum Gasteiger partial charge on any atom is -0.508 e. The number of Topliss-reactive ketones (excluding diaryl/α,β-unsaturated/α-hetero) is 1. The molecular weight excluding hydrogens is 412 g/mol. The van der Waals surface area contributed by atoms with Gasteiger partial charge in [0.1, 0.15) is 29.4 Å². The molecule has 1 aliphatic heterocycles. The number of aliphatic hydroxyl groups is 1. The van der Waals surface area contributed by atoms with E-state index in [0.717, 1.165) is 37.3 Å². The van der Waals surface area contributed by atoms with Crippen molar-refractivity contribution in [1.82, 2.24) is 0 Å². The first-order valence-corrected chi connectivity index (χ1v) is 8.94. The van der Waals surface area contributed by atoms with Crippen LogP contribution in [0.15, 0.2) is 47.8 Å². The van der Waals surface area contributed by atoms with Crippen molar-refractivity contribution in [2.24, 2.45) is 0 Å². The number of carbonyl (C=O) groups excluding carboxylic acids is 3. The summed E-state index contributed by atoms with van der Waals surface area (Å²) in [4.78, 5) is 49.1. The van der Waals surface area contributed by atoms with Gasteiger partial charge in [-0.2, -0.15) is 0 Å². The highest BCUT2D eigenvalue weighted by Crippen LogP contribution is 2.38. The quantitative estimate of drug-likeness (QED) is 0.303. The summed E-state index contributed by atoms with van der Waals surface area (Å²) in [5.41, 5.74) is -5.11. The van der Waals surface area contributed by atoms with Gasteiger partial charge in [0.05, 0.1) is 0 Å². The molecule has 0 saturated heterocycles. The number of carboxylic acid groups (broad SMARTS) is 1. The van der Waals surface area contributed by atoms with Crippen molar-refractivity contribution in [3.05, 3.63) is 58.9 Å². The van der Waals surface area contributed by atoms with Crippen LogP contribution < -0.4 is 0 Å². The molecule has 1 aliphatic carbocycles. The maximum absolute atomic E-state index is 13.1. The lowest BCUT2D eigenvalue weighted by atomic mass is 9.73. The topological polar surface area (TPSA) is 168 Å². The van der Waals surface area contributed by atoms with Gasteiger partial charge in [-0.3, -0.25) is 9.59 Å². The lowest BCUT2D eigenvalue weighted by Crippen LogP contribution is -2.63. The Balaban J connectivity index is 1.97. The summed E-state index contributed by atoms with van der Waals surface area (Å²) in [6.45, 7) is 1.77. The Bertz CT molecular complexity index is 1090. The SMILES string of the molecule is Cc1cc(O)cc(O)c1C(=O)OC1(C)C(=O)C=C2C=C(C=CC(=O)O)OCC2(O)C1=O. The highest BCUT2D eigenvalue weighted by Gasteiger charge is 2.59. The number of fused-ring (bicyclic) bond motifs is 1. The number of phenolic OH excluding ortho intramolecular Hbond substituents is 2. The zero-order valence-electron chi connectivity index (χ0n) is 16.4. The smallest absolute Gasteiger partial charge is 0.343 e. The van der Waals surface area contributed by atoms with E-state index >= 15 is 0 Å². The van der Waals surface area contributed by atoms with E-state index in [0.29, 0.717) is 0 Å². The van der Waals surface area contributed by atoms with Gasteiger partial charge in [-0.15, -0.1) is 0 Å². The van der Waals surface area contributed by atoms with Gasteiger partial charge in [0, 0.05) is 17.7 Å². The molecule has 2 atom stereocenters.